The molecule has 11 nitrogen and oxygen atoms in total. The highest BCUT2D eigenvalue weighted by molar-refractivity contribution is 5.80. The highest BCUT2D eigenvalue weighted by Crippen LogP contribution is 2.24. The van der Waals surface area contributed by atoms with Crippen molar-refractivity contribution in [1.29, 1.82) is 0 Å². The zero-order valence-electron chi connectivity index (χ0n) is 48.4. The lowest BCUT2D eigenvalue weighted by atomic mass is 9.98. The number of hydrogen-bond donors (Lipinski definition) is 8. The van der Waals surface area contributed by atoms with Gasteiger partial charge in [0.2, 0.25) is 5.91 Å². The number of hydrogen-bond acceptors (Lipinski definition) is 10. The lowest BCUT2D eigenvalue weighted by molar-refractivity contribution is -0.303. The Morgan fingerprint density at radius 3 is 1.16 bits per heavy atom. The molecule has 0 aromatic carbocycles. The third kappa shape index (κ3) is 40.1. The second kappa shape index (κ2) is 52.5. The maximum atomic E-state index is 13.2. The van der Waals surface area contributed by atoms with Gasteiger partial charge in [0.25, 0.3) is 0 Å². The van der Waals surface area contributed by atoms with Gasteiger partial charge in [-0.25, -0.2) is 0 Å². The molecule has 0 spiro atoms. The number of aliphatic hydroxyl groups is 7. The summed E-state index contributed by atoms with van der Waals surface area (Å²) in [5.74, 6) is -0.700. The van der Waals surface area contributed by atoms with Gasteiger partial charge < -0.3 is 50.5 Å². The lowest BCUT2D eigenvalue weighted by Gasteiger charge is -2.40. The Balaban J connectivity index is 2.18. The van der Waals surface area contributed by atoms with E-state index < -0.39 is 74.2 Å². The number of ether oxygens (including phenoxy) is 2. The molecule has 1 amide bonds. The van der Waals surface area contributed by atoms with Crippen molar-refractivity contribution in [3.05, 3.63) is 12.2 Å². The van der Waals surface area contributed by atoms with Crippen molar-refractivity contribution in [2.75, 3.05) is 13.2 Å². The molecule has 1 rings (SSSR count). The summed E-state index contributed by atoms with van der Waals surface area (Å²) in [6, 6.07) is -1.18. The number of aliphatic hydroxyl groups excluding tert-OH is 7. The molecule has 1 aliphatic heterocycles. The molecule has 0 radical (unpaired) electrons. The summed E-state index contributed by atoms with van der Waals surface area (Å²) in [6.45, 7) is 3.48. The quantitative estimate of drug-likeness (QED) is 0.0215. The summed E-state index contributed by atoms with van der Waals surface area (Å²) in [4.78, 5) is 13.2. The SMILES string of the molecule is CCCCCCCCCCCC/C=C/CCCC(O)C(O)C(COC1OC(CO)C(O)C(O)C1O)NC(=O)C(O)CCCCCCCCCCCCCCCCCCCCCCCCCCCCCCCCCC. The Hall–Kier alpha value is -1.15. The average Bonchev–Trinajstić information content (AvgIpc) is 3.40. The van der Waals surface area contributed by atoms with E-state index in [1.807, 2.05) is 0 Å². The second-order valence-corrected chi connectivity index (χ2v) is 22.8. The first-order valence-corrected chi connectivity index (χ1v) is 32.1. The molecule has 0 aromatic rings. The van der Waals surface area contributed by atoms with Gasteiger partial charge in [-0.1, -0.05) is 289 Å². The van der Waals surface area contributed by atoms with Crippen molar-refractivity contribution >= 4 is 5.91 Å². The molecule has 440 valence electrons. The van der Waals surface area contributed by atoms with Gasteiger partial charge in [0, 0.05) is 0 Å². The minimum atomic E-state index is -1.67. The molecule has 11 heteroatoms. The third-order valence-electron chi connectivity index (χ3n) is 15.8. The van der Waals surface area contributed by atoms with E-state index in [0.29, 0.717) is 12.8 Å². The monoisotopic (exact) mass is 1050 g/mol. The molecule has 1 heterocycles. The van der Waals surface area contributed by atoms with Crippen LogP contribution in [0.3, 0.4) is 0 Å². The van der Waals surface area contributed by atoms with E-state index in [4.69, 9.17) is 9.47 Å². The van der Waals surface area contributed by atoms with E-state index in [0.717, 1.165) is 38.5 Å². The van der Waals surface area contributed by atoms with Gasteiger partial charge in [0.15, 0.2) is 6.29 Å². The predicted octanol–water partition coefficient (Wildman–Crippen LogP) is 14.3. The van der Waals surface area contributed by atoms with E-state index >= 15 is 0 Å². The summed E-state index contributed by atoms with van der Waals surface area (Å²) in [6.07, 6.45) is 51.6. The molecule has 74 heavy (non-hydrogen) atoms. The van der Waals surface area contributed by atoms with Crippen LogP contribution in [-0.2, 0) is 14.3 Å². The van der Waals surface area contributed by atoms with Gasteiger partial charge in [0.05, 0.1) is 25.4 Å². The van der Waals surface area contributed by atoms with Crippen LogP contribution in [0, 0.1) is 0 Å². The first-order valence-electron chi connectivity index (χ1n) is 32.1. The minimum absolute atomic E-state index is 0.260. The topological polar surface area (TPSA) is 189 Å². The van der Waals surface area contributed by atoms with Gasteiger partial charge in [0.1, 0.15) is 36.6 Å². The molecule has 9 unspecified atom stereocenters. The molecule has 8 N–H and O–H groups in total. The molecule has 1 fully saturated rings. The van der Waals surface area contributed by atoms with Crippen molar-refractivity contribution in [2.24, 2.45) is 0 Å². The van der Waals surface area contributed by atoms with Crippen LogP contribution in [-0.4, -0.2) is 110 Å². The van der Waals surface area contributed by atoms with Crippen LogP contribution < -0.4 is 5.32 Å². The first kappa shape index (κ1) is 70.9. The number of carbonyl (C=O) groups is 1. The number of nitrogens with one attached hydrogen (secondary N) is 1. The largest absolute Gasteiger partial charge is 0.394 e. The minimum Gasteiger partial charge on any atom is -0.394 e. The predicted molar refractivity (Wildman–Crippen MR) is 307 cm³/mol. The average molecular weight is 1050 g/mol. The van der Waals surface area contributed by atoms with Gasteiger partial charge in [-0.05, 0) is 38.5 Å². The van der Waals surface area contributed by atoms with Crippen LogP contribution >= 0.6 is 0 Å². The Bertz CT molecular complexity index is 1210. The fourth-order valence-corrected chi connectivity index (χ4v) is 10.6. The Labute approximate surface area is 455 Å². The van der Waals surface area contributed by atoms with E-state index in [1.165, 1.54) is 238 Å². The summed E-state index contributed by atoms with van der Waals surface area (Å²) >= 11 is 0. The van der Waals surface area contributed by atoms with Crippen molar-refractivity contribution in [2.45, 2.75) is 371 Å². The van der Waals surface area contributed by atoms with E-state index in [1.54, 1.807) is 0 Å². The normalized spacial score (nSPS) is 19.8. The summed E-state index contributed by atoms with van der Waals surface area (Å²) in [5.41, 5.74) is 0. The molecule has 1 aliphatic rings. The maximum absolute atomic E-state index is 13.2. The van der Waals surface area contributed by atoms with Gasteiger partial charge in [-0.15, -0.1) is 0 Å². The number of allylic oxidation sites excluding steroid dienone is 2. The first-order chi connectivity index (χ1) is 36.2. The molecule has 1 saturated heterocycles. The molecule has 0 saturated carbocycles. The Morgan fingerprint density at radius 2 is 0.797 bits per heavy atom. The van der Waals surface area contributed by atoms with Crippen LogP contribution in [0.15, 0.2) is 12.2 Å². The molecular weight excluding hydrogens is 931 g/mol. The lowest BCUT2D eigenvalue weighted by Crippen LogP contribution is -2.60. The number of unbranched alkanes of at least 4 members (excludes halogenated alkanes) is 42. The van der Waals surface area contributed by atoms with Crippen LogP contribution in [0.1, 0.15) is 316 Å². The smallest absolute Gasteiger partial charge is 0.249 e. The molecule has 9 atom stereocenters. The summed E-state index contributed by atoms with van der Waals surface area (Å²) in [5, 5.41) is 76.2. The molecule has 0 aromatic heterocycles. The molecular formula is C63H123NO10. The fraction of sp³-hybridized carbons (Fsp3) is 0.952. The van der Waals surface area contributed by atoms with E-state index in [-0.39, 0.29) is 12.8 Å². The van der Waals surface area contributed by atoms with Gasteiger partial charge in [-0.2, -0.15) is 0 Å². The number of rotatable bonds is 56. The Morgan fingerprint density at radius 1 is 0.459 bits per heavy atom. The van der Waals surface area contributed by atoms with Crippen molar-refractivity contribution in [3.8, 4) is 0 Å². The summed E-state index contributed by atoms with van der Waals surface area (Å²) in [7, 11) is 0. The zero-order valence-corrected chi connectivity index (χ0v) is 48.4. The van der Waals surface area contributed by atoms with Gasteiger partial charge in [-0.3, -0.25) is 4.79 Å². The standard InChI is InChI=1S/C63H123NO10/c1-3-5-7-9-11-13-15-17-19-20-21-22-23-24-25-26-27-28-29-30-31-32-33-34-35-37-39-41-43-45-47-49-51-56(67)62(72)64-54(53-73-63-61(71)60(70)59(69)57(52-65)74-63)58(68)55(66)50-48-46-44-42-40-38-36-18-16-14-12-10-8-6-4-2/h42,44,54-61,63,65-71H,3-41,43,45-53H2,1-2H3,(H,64,72)/b44-42+. The highest BCUT2D eigenvalue weighted by atomic mass is 16.7. The summed E-state index contributed by atoms with van der Waals surface area (Å²) < 4.78 is 11.1. The highest BCUT2D eigenvalue weighted by Gasteiger charge is 2.44. The van der Waals surface area contributed by atoms with Crippen LogP contribution in [0.25, 0.3) is 0 Å². The maximum Gasteiger partial charge on any atom is 0.249 e. The Kier molecular flexibility index (Phi) is 50.3. The number of amides is 1. The van der Waals surface area contributed by atoms with E-state index in [2.05, 4.69) is 31.3 Å². The van der Waals surface area contributed by atoms with Crippen LogP contribution in [0.5, 0.6) is 0 Å². The van der Waals surface area contributed by atoms with Crippen molar-refractivity contribution < 1.29 is 50.0 Å². The van der Waals surface area contributed by atoms with Crippen molar-refractivity contribution in [1.82, 2.24) is 5.32 Å². The van der Waals surface area contributed by atoms with Gasteiger partial charge >= 0.3 is 0 Å². The van der Waals surface area contributed by atoms with Crippen molar-refractivity contribution in [3.63, 3.8) is 0 Å². The zero-order chi connectivity index (χ0) is 54.0. The molecule has 0 aliphatic carbocycles. The number of carbonyl (C=O) groups excluding carboxylic acids is 1. The second-order valence-electron chi connectivity index (χ2n) is 22.8. The third-order valence-corrected chi connectivity index (χ3v) is 15.8. The molecule has 0 bridgehead atoms. The fourth-order valence-electron chi connectivity index (χ4n) is 10.6. The van der Waals surface area contributed by atoms with Crippen LogP contribution in [0.4, 0.5) is 0 Å². The van der Waals surface area contributed by atoms with E-state index in [9.17, 15) is 40.5 Å². The van der Waals surface area contributed by atoms with Crippen LogP contribution in [0.2, 0.25) is 0 Å².